The van der Waals surface area contributed by atoms with Crippen LogP contribution in [0.2, 0.25) is 0 Å². The third kappa shape index (κ3) is 2.84. The van der Waals surface area contributed by atoms with Crippen LogP contribution in [0.25, 0.3) is 0 Å². The van der Waals surface area contributed by atoms with Crippen LogP contribution in [0.5, 0.6) is 0 Å². The minimum Gasteiger partial charge on any atom is -0.394 e. The molecule has 1 aliphatic heterocycles. The smallest absolute Gasteiger partial charge is 0.220 e. The van der Waals surface area contributed by atoms with Crippen LogP contribution >= 0.6 is 0 Å². The van der Waals surface area contributed by atoms with Crippen molar-refractivity contribution >= 4 is 0 Å². The molecule has 0 spiro atoms. The zero-order valence-electron chi connectivity index (χ0n) is 11.5. The van der Waals surface area contributed by atoms with Gasteiger partial charge in [-0.05, 0) is 27.7 Å². The molecule has 0 aromatic carbocycles. The standard InChI is InChI=1S/C12H24O6/c1-5-15-11(3)12(4,16-6-2)18-10(8-14)9(7-13)17-11/h9-10,13-14H,5-8H2,1-4H3/t9-,10-,11-,12-/m0/s1. The van der Waals surface area contributed by atoms with E-state index in [0.717, 1.165) is 0 Å². The van der Waals surface area contributed by atoms with Crippen molar-refractivity contribution in [3.05, 3.63) is 0 Å². The number of hydrogen-bond acceptors (Lipinski definition) is 6. The lowest BCUT2D eigenvalue weighted by molar-refractivity contribution is -0.458. The summed E-state index contributed by atoms with van der Waals surface area (Å²) >= 11 is 0. The monoisotopic (exact) mass is 264 g/mol. The van der Waals surface area contributed by atoms with E-state index in [1.165, 1.54) is 0 Å². The molecule has 0 saturated carbocycles. The van der Waals surface area contributed by atoms with Crippen LogP contribution in [0.15, 0.2) is 0 Å². The molecule has 1 aliphatic rings. The van der Waals surface area contributed by atoms with Gasteiger partial charge in [-0.25, -0.2) is 0 Å². The quantitative estimate of drug-likeness (QED) is 0.716. The molecule has 0 aromatic rings. The Morgan fingerprint density at radius 3 is 1.44 bits per heavy atom. The Morgan fingerprint density at radius 1 is 0.889 bits per heavy atom. The molecule has 6 heteroatoms. The van der Waals surface area contributed by atoms with E-state index in [1.807, 2.05) is 13.8 Å². The lowest BCUT2D eigenvalue weighted by Gasteiger charge is -2.52. The molecule has 18 heavy (non-hydrogen) atoms. The molecule has 0 aromatic heterocycles. The lowest BCUT2D eigenvalue weighted by Crippen LogP contribution is -2.67. The van der Waals surface area contributed by atoms with Gasteiger partial charge in [0.15, 0.2) is 0 Å². The van der Waals surface area contributed by atoms with Crippen LogP contribution in [-0.2, 0) is 18.9 Å². The second-order valence-corrected chi connectivity index (χ2v) is 4.44. The van der Waals surface area contributed by atoms with Gasteiger partial charge in [-0.1, -0.05) is 0 Å². The first kappa shape index (κ1) is 15.8. The number of aliphatic hydroxyl groups is 2. The zero-order valence-corrected chi connectivity index (χ0v) is 11.5. The van der Waals surface area contributed by atoms with Crippen LogP contribution in [-0.4, -0.2) is 60.4 Å². The Hall–Kier alpha value is -0.240. The third-order valence-corrected chi connectivity index (χ3v) is 3.19. The van der Waals surface area contributed by atoms with E-state index < -0.39 is 23.8 Å². The van der Waals surface area contributed by atoms with Gasteiger partial charge in [0.1, 0.15) is 12.2 Å². The highest BCUT2D eigenvalue weighted by Gasteiger charge is 2.57. The van der Waals surface area contributed by atoms with Gasteiger partial charge in [0.05, 0.1) is 13.2 Å². The van der Waals surface area contributed by atoms with Crippen LogP contribution in [0.4, 0.5) is 0 Å². The van der Waals surface area contributed by atoms with Gasteiger partial charge in [0.2, 0.25) is 11.6 Å². The van der Waals surface area contributed by atoms with E-state index in [4.69, 9.17) is 18.9 Å². The molecular formula is C12H24O6. The minimum absolute atomic E-state index is 0.254. The molecule has 0 unspecified atom stereocenters. The van der Waals surface area contributed by atoms with Crippen molar-refractivity contribution in [3.8, 4) is 0 Å². The van der Waals surface area contributed by atoms with Gasteiger partial charge in [-0.2, -0.15) is 0 Å². The molecule has 2 N–H and O–H groups in total. The van der Waals surface area contributed by atoms with Gasteiger partial charge in [-0.3, -0.25) is 0 Å². The number of ether oxygens (including phenoxy) is 4. The largest absolute Gasteiger partial charge is 0.394 e. The van der Waals surface area contributed by atoms with Crippen molar-refractivity contribution in [2.75, 3.05) is 26.4 Å². The van der Waals surface area contributed by atoms with Crippen LogP contribution in [0.3, 0.4) is 0 Å². The number of hydrogen-bond donors (Lipinski definition) is 2. The zero-order chi connectivity index (χ0) is 13.8. The van der Waals surface area contributed by atoms with Crippen LogP contribution < -0.4 is 0 Å². The SMILES string of the molecule is CCO[C@@]1(C)O[C@@H](CO)[C@H](CO)O[C@]1(C)OCC. The average molecular weight is 264 g/mol. The minimum atomic E-state index is -1.13. The van der Waals surface area contributed by atoms with Crippen molar-refractivity contribution in [2.24, 2.45) is 0 Å². The van der Waals surface area contributed by atoms with Gasteiger partial charge in [0, 0.05) is 13.2 Å². The fourth-order valence-electron chi connectivity index (χ4n) is 2.13. The summed E-state index contributed by atoms with van der Waals surface area (Å²) in [7, 11) is 0. The number of aliphatic hydroxyl groups excluding tert-OH is 2. The summed E-state index contributed by atoms with van der Waals surface area (Å²) in [6.07, 6.45) is -1.28. The molecule has 1 rings (SSSR count). The molecule has 1 saturated heterocycles. The van der Waals surface area contributed by atoms with Gasteiger partial charge in [-0.15, -0.1) is 0 Å². The first-order valence-electron chi connectivity index (χ1n) is 6.31. The van der Waals surface area contributed by atoms with Gasteiger partial charge in [0.25, 0.3) is 0 Å². The van der Waals surface area contributed by atoms with E-state index >= 15 is 0 Å². The second kappa shape index (κ2) is 6.27. The Morgan fingerprint density at radius 2 is 1.22 bits per heavy atom. The average Bonchev–Trinajstić information content (AvgIpc) is 2.33. The molecule has 4 atom stereocenters. The fourth-order valence-corrected chi connectivity index (χ4v) is 2.13. The van der Waals surface area contributed by atoms with Crippen molar-refractivity contribution in [1.29, 1.82) is 0 Å². The van der Waals surface area contributed by atoms with Gasteiger partial charge >= 0.3 is 0 Å². The maximum absolute atomic E-state index is 9.28. The molecule has 1 fully saturated rings. The molecule has 1 heterocycles. The summed E-state index contributed by atoms with van der Waals surface area (Å²) in [4.78, 5) is 0. The van der Waals surface area contributed by atoms with Gasteiger partial charge < -0.3 is 29.2 Å². The maximum Gasteiger partial charge on any atom is 0.220 e. The van der Waals surface area contributed by atoms with E-state index in [0.29, 0.717) is 13.2 Å². The summed E-state index contributed by atoms with van der Waals surface area (Å²) in [5.74, 6) is -2.26. The Labute approximate surface area is 108 Å². The van der Waals surface area contributed by atoms with E-state index in [2.05, 4.69) is 0 Å². The summed E-state index contributed by atoms with van der Waals surface area (Å²) in [5, 5.41) is 18.6. The first-order valence-corrected chi connectivity index (χ1v) is 6.31. The highest BCUT2D eigenvalue weighted by atomic mass is 16.8. The first-order chi connectivity index (χ1) is 8.46. The van der Waals surface area contributed by atoms with Crippen molar-refractivity contribution < 1.29 is 29.2 Å². The highest BCUT2D eigenvalue weighted by Crippen LogP contribution is 2.39. The Kier molecular flexibility index (Phi) is 5.51. The second-order valence-electron chi connectivity index (χ2n) is 4.44. The molecule has 0 amide bonds. The predicted molar refractivity (Wildman–Crippen MR) is 64.0 cm³/mol. The molecule has 0 radical (unpaired) electrons. The van der Waals surface area contributed by atoms with Crippen LogP contribution in [0, 0.1) is 0 Å². The van der Waals surface area contributed by atoms with Crippen molar-refractivity contribution in [3.63, 3.8) is 0 Å². The lowest BCUT2D eigenvalue weighted by atomic mass is 10.0. The Bertz CT molecular complexity index is 235. The summed E-state index contributed by atoms with van der Waals surface area (Å²) in [6.45, 7) is 7.44. The Balaban J connectivity index is 2.97. The predicted octanol–water partition coefficient (Wildman–Crippen LogP) is 0.260. The normalized spacial score (nSPS) is 41.0. The van der Waals surface area contributed by atoms with Crippen molar-refractivity contribution in [1.82, 2.24) is 0 Å². The number of rotatable bonds is 6. The highest BCUT2D eigenvalue weighted by molar-refractivity contribution is 4.91. The summed E-state index contributed by atoms with van der Waals surface area (Å²) in [5.41, 5.74) is 0. The molecule has 108 valence electrons. The van der Waals surface area contributed by atoms with Crippen LogP contribution in [0.1, 0.15) is 27.7 Å². The molecular weight excluding hydrogens is 240 g/mol. The van der Waals surface area contributed by atoms with E-state index in [1.54, 1.807) is 13.8 Å². The summed E-state index contributed by atoms with van der Waals surface area (Å²) < 4.78 is 22.7. The van der Waals surface area contributed by atoms with Crippen molar-refractivity contribution in [2.45, 2.75) is 51.5 Å². The fraction of sp³-hybridized carbons (Fsp3) is 1.00. The molecule has 0 aliphatic carbocycles. The topological polar surface area (TPSA) is 77.4 Å². The summed E-state index contributed by atoms with van der Waals surface area (Å²) in [6, 6.07) is 0. The molecule has 6 nitrogen and oxygen atoms in total. The van der Waals surface area contributed by atoms with E-state index in [9.17, 15) is 10.2 Å². The maximum atomic E-state index is 9.28. The molecule has 0 bridgehead atoms. The van der Waals surface area contributed by atoms with E-state index in [-0.39, 0.29) is 13.2 Å². The third-order valence-electron chi connectivity index (χ3n) is 3.19.